The van der Waals surface area contributed by atoms with E-state index in [9.17, 15) is 4.79 Å². The van der Waals surface area contributed by atoms with E-state index in [0.717, 1.165) is 30.5 Å². The Morgan fingerprint density at radius 3 is 2.76 bits per heavy atom. The van der Waals surface area contributed by atoms with Gasteiger partial charge in [0.05, 0.1) is 25.3 Å². The summed E-state index contributed by atoms with van der Waals surface area (Å²) >= 11 is 6.25. The molecule has 1 saturated heterocycles. The van der Waals surface area contributed by atoms with Gasteiger partial charge in [-0.05, 0) is 62.7 Å². The van der Waals surface area contributed by atoms with Gasteiger partial charge in [0.2, 0.25) is 17.6 Å². The second-order valence-corrected chi connectivity index (χ2v) is 9.77. The monoisotopic (exact) mass is 532 g/mol. The molecule has 1 atom stereocenters. The molecule has 0 bridgehead atoms. The lowest BCUT2D eigenvalue weighted by atomic mass is 9.97. The summed E-state index contributed by atoms with van der Waals surface area (Å²) in [5.74, 6) is 2.42. The number of halogens is 1. The molecular formula is C29H29ClN4O4. The van der Waals surface area contributed by atoms with E-state index in [1.165, 1.54) is 0 Å². The normalized spacial score (nSPS) is 15.7. The van der Waals surface area contributed by atoms with Crippen molar-refractivity contribution < 1.29 is 18.8 Å². The van der Waals surface area contributed by atoms with Crippen molar-refractivity contribution in [3.63, 3.8) is 0 Å². The van der Waals surface area contributed by atoms with Gasteiger partial charge >= 0.3 is 0 Å². The van der Waals surface area contributed by atoms with Gasteiger partial charge in [-0.2, -0.15) is 4.98 Å². The van der Waals surface area contributed by atoms with Crippen molar-refractivity contribution in [2.75, 3.05) is 25.5 Å². The summed E-state index contributed by atoms with van der Waals surface area (Å²) in [6.07, 6.45) is 1.67. The molecule has 0 aliphatic carbocycles. The van der Waals surface area contributed by atoms with Gasteiger partial charge in [-0.3, -0.25) is 9.69 Å². The number of rotatable bonds is 8. The topological polar surface area (TPSA) is 89.7 Å². The summed E-state index contributed by atoms with van der Waals surface area (Å²) in [5.41, 5.74) is 2.56. The van der Waals surface area contributed by atoms with Crippen LogP contribution >= 0.6 is 11.6 Å². The fourth-order valence-corrected chi connectivity index (χ4v) is 4.74. The standard InChI is InChI=1S/C29H29ClN4O4/c1-19-7-5-8-20(15-19)28-32-27(38-33-28)18-34-14-6-9-21(17-34)29(35)31-23-16-22(30)12-13-24(23)37-26-11-4-3-10-25(26)36-2/h3-5,7-8,10-13,15-16,21H,6,9,14,17-18H2,1-2H3,(H,31,35). The fraction of sp³-hybridized carbons (Fsp3) is 0.276. The predicted molar refractivity (Wildman–Crippen MR) is 146 cm³/mol. The zero-order valence-corrected chi connectivity index (χ0v) is 22.1. The Morgan fingerprint density at radius 1 is 1.11 bits per heavy atom. The summed E-state index contributed by atoms with van der Waals surface area (Å²) in [6.45, 7) is 3.95. The van der Waals surface area contributed by atoms with E-state index in [4.69, 9.17) is 25.6 Å². The van der Waals surface area contributed by atoms with Gasteiger partial charge in [0.1, 0.15) is 0 Å². The van der Waals surface area contributed by atoms with Crippen LogP contribution in [0.1, 0.15) is 24.3 Å². The molecule has 38 heavy (non-hydrogen) atoms. The predicted octanol–water partition coefficient (Wildman–Crippen LogP) is 6.35. The Kier molecular flexibility index (Phi) is 7.91. The minimum atomic E-state index is -0.207. The van der Waals surface area contributed by atoms with E-state index in [1.54, 1.807) is 31.4 Å². The SMILES string of the molecule is COc1ccccc1Oc1ccc(Cl)cc1NC(=O)C1CCCN(Cc2nc(-c3cccc(C)c3)no2)C1. The third kappa shape index (κ3) is 6.15. The maximum atomic E-state index is 13.3. The number of ether oxygens (including phenoxy) is 2. The Hall–Kier alpha value is -3.88. The van der Waals surface area contributed by atoms with Crippen LogP contribution in [0.15, 0.2) is 71.3 Å². The molecule has 1 N–H and O–H groups in total. The van der Waals surface area contributed by atoms with Crippen molar-refractivity contribution in [1.82, 2.24) is 15.0 Å². The minimum Gasteiger partial charge on any atom is -0.493 e. The fourth-order valence-electron chi connectivity index (χ4n) is 4.57. The second-order valence-electron chi connectivity index (χ2n) is 9.34. The van der Waals surface area contributed by atoms with Gasteiger partial charge in [-0.1, -0.05) is 52.7 Å². The Labute approximate surface area is 226 Å². The van der Waals surface area contributed by atoms with Crippen LogP contribution in [-0.2, 0) is 11.3 Å². The number of nitrogens with zero attached hydrogens (tertiary/aromatic N) is 3. The third-order valence-electron chi connectivity index (χ3n) is 6.47. The Balaban J connectivity index is 1.25. The lowest BCUT2D eigenvalue weighted by Gasteiger charge is -2.31. The molecule has 0 spiro atoms. The number of likely N-dealkylation sites (tertiary alicyclic amines) is 1. The first kappa shape index (κ1) is 25.8. The quantitative estimate of drug-likeness (QED) is 0.283. The van der Waals surface area contributed by atoms with Crippen LogP contribution in [0.3, 0.4) is 0 Å². The van der Waals surface area contributed by atoms with E-state index < -0.39 is 0 Å². The van der Waals surface area contributed by atoms with Crippen molar-refractivity contribution >= 4 is 23.2 Å². The molecule has 1 aliphatic rings. The van der Waals surface area contributed by atoms with Gasteiger partial charge in [-0.15, -0.1) is 0 Å². The van der Waals surface area contributed by atoms with E-state index in [-0.39, 0.29) is 11.8 Å². The van der Waals surface area contributed by atoms with Crippen molar-refractivity contribution in [3.05, 3.63) is 83.2 Å². The summed E-state index contributed by atoms with van der Waals surface area (Å²) in [4.78, 5) is 20.1. The molecule has 4 aromatic rings. The summed E-state index contributed by atoms with van der Waals surface area (Å²) in [6, 6.07) is 20.5. The van der Waals surface area contributed by atoms with Crippen LogP contribution in [0.4, 0.5) is 5.69 Å². The van der Waals surface area contributed by atoms with E-state index in [1.807, 2.05) is 49.4 Å². The number of amides is 1. The number of aromatic nitrogens is 2. The number of hydrogen-bond acceptors (Lipinski definition) is 7. The molecule has 8 nitrogen and oxygen atoms in total. The highest BCUT2D eigenvalue weighted by Gasteiger charge is 2.28. The summed E-state index contributed by atoms with van der Waals surface area (Å²) in [7, 11) is 1.58. The number of para-hydroxylation sites is 2. The van der Waals surface area contributed by atoms with Crippen LogP contribution in [0, 0.1) is 12.8 Å². The van der Waals surface area contributed by atoms with Crippen LogP contribution in [-0.4, -0.2) is 41.1 Å². The maximum Gasteiger partial charge on any atom is 0.241 e. The number of aryl methyl sites for hydroxylation is 1. The van der Waals surface area contributed by atoms with Crippen LogP contribution < -0.4 is 14.8 Å². The molecule has 2 heterocycles. The molecule has 196 valence electrons. The van der Waals surface area contributed by atoms with Crippen LogP contribution in [0.25, 0.3) is 11.4 Å². The van der Waals surface area contributed by atoms with Gasteiger partial charge in [-0.25, -0.2) is 0 Å². The third-order valence-corrected chi connectivity index (χ3v) is 6.70. The number of nitrogens with one attached hydrogen (secondary N) is 1. The molecule has 0 saturated carbocycles. The minimum absolute atomic E-state index is 0.0900. The average Bonchev–Trinajstić information content (AvgIpc) is 3.39. The maximum absolute atomic E-state index is 13.3. The number of benzene rings is 3. The van der Waals surface area contributed by atoms with E-state index in [0.29, 0.717) is 52.8 Å². The van der Waals surface area contributed by atoms with Crippen LogP contribution in [0.2, 0.25) is 5.02 Å². The molecule has 1 aromatic heterocycles. The number of anilines is 1. The molecule has 1 amide bonds. The highest BCUT2D eigenvalue weighted by molar-refractivity contribution is 6.31. The molecule has 1 fully saturated rings. The van der Waals surface area contributed by atoms with Gasteiger partial charge in [0.15, 0.2) is 17.2 Å². The number of hydrogen-bond donors (Lipinski definition) is 1. The smallest absolute Gasteiger partial charge is 0.241 e. The molecule has 5 rings (SSSR count). The lowest BCUT2D eigenvalue weighted by molar-refractivity contribution is -0.121. The zero-order chi connectivity index (χ0) is 26.5. The zero-order valence-electron chi connectivity index (χ0n) is 21.3. The second kappa shape index (κ2) is 11.7. The Morgan fingerprint density at radius 2 is 1.95 bits per heavy atom. The number of carbonyl (C=O) groups is 1. The molecule has 3 aromatic carbocycles. The van der Waals surface area contributed by atoms with Gasteiger partial charge in [0, 0.05) is 17.1 Å². The average molecular weight is 533 g/mol. The number of carbonyl (C=O) groups excluding carboxylic acids is 1. The van der Waals surface area contributed by atoms with Crippen LogP contribution in [0.5, 0.6) is 17.2 Å². The molecule has 0 radical (unpaired) electrons. The number of piperidine rings is 1. The number of methoxy groups -OCH3 is 1. The van der Waals surface area contributed by atoms with Gasteiger partial charge < -0.3 is 19.3 Å². The largest absolute Gasteiger partial charge is 0.493 e. The van der Waals surface area contributed by atoms with E-state index in [2.05, 4.69) is 20.4 Å². The lowest BCUT2D eigenvalue weighted by Crippen LogP contribution is -2.40. The highest BCUT2D eigenvalue weighted by atomic mass is 35.5. The van der Waals surface area contributed by atoms with Crippen molar-refractivity contribution in [2.45, 2.75) is 26.3 Å². The van der Waals surface area contributed by atoms with Crippen molar-refractivity contribution in [3.8, 4) is 28.6 Å². The first-order valence-corrected chi connectivity index (χ1v) is 12.9. The van der Waals surface area contributed by atoms with Crippen molar-refractivity contribution in [1.29, 1.82) is 0 Å². The van der Waals surface area contributed by atoms with Gasteiger partial charge in [0.25, 0.3) is 0 Å². The molecule has 9 heteroatoms. The Bertz CT molecular complexity index is 1420. The molecule has 1 unspecified atom stereocenters. The first-order chi connectivity index (χ1) is 18.5. The first-order valence-electron chi connectivity index (χ1n) is 12.5. The van der Waals surface area contributed by atoms with E-state index >= 15 is 0 Å². The highest BCUT2D eigenvalue weighted by Crippen LogP contribution is 2.36. The molecular weight excluding hydrogens is 504 g/mol. The van der Waals surface area contributed by atoms with Crippen molar-refractivity contribution in [2.24, 2.45) is 5.92 Å². The summed E-state index contributed by atoms with van der Waals surface area (Å²) in [5, 5.41) is 7.67. The molecule has 1 aliphatic heterocycles. The summed E-state index contributed by atoms with van der Waals surface area (Å²) < 4.78 is 17.0.